The lowest BCUT2D eigenvalue weighted by atomic mass is 10.0. The van der Waals surface area contributed by atoms with Crippen molar-refractivity contribution in [2.24, 2.45) is 5.92 Å². The van der Waals surface area contributed by atoms with Gasteiger partial charge in [-0.05, 0) is 36.8 Å². The summed E-state index contributed by atoms with van der Waals surface area (Å²) in [6.45, 7) is 0.361. The van der Waals surface area contributed by atoms with Crippen LogP contribution in [0.3, 0.4) is 0 Å². The standard InChI is InChI=1S/C16H16F3NO3/c17-16(18,19)12-5-2-1-4-9(12)10-8-11(10)14(21)20-7-3-6-13(20)15(22)23/h1-2,4-5,10-11,13H,3,6-8H2,(H,22,23)/t10-,11+,13+/m1/s1. The van der Waals surface area contributed by atoms with E-state index in [4.69, 9.17) is 5.11 Å². The minimum atomic E-state index is -4.45. The smallest absolute Gasteiger partial charge is 0.416 e. The molecule has 2 aliphatic rings. The number of carbonyl (C=O) groups excluding carboxylic acids is 1. The zero-order valence-corrected chi connectivity index (χ0v) is 12.2. The molecule has 1 amide bonds. The average Bonchev–Trinajstić information content (AvgIpc) is 3.13. The molecule has 1 saturated carbocycles. The quantitative estimate of drug-likeness (QED) is 0.929. The average molecular weight is 327 g/mol. The van der Waals surface area contributed by atoms with E-state index in [1.165, 1.54) is 23.1 Å². The van der Waals surface area contributed by atoms with Crippen LogP contribution in [0.5, 0.6) is 0 Å². The molecule has 1 saturated heterocycles. The van der Waals surface area contributed by atoms with Gasteiger partial charge in [0.1, 0.15) is 6.04 Å². The number of likely N-dealkylation sites (tertiary alicyclic amines) is 1. The number of aliphatic carboxylic acids is 1. The molecule has 0 radical (unpaired) electrons. The van der Waals surface area contributed by atoms with Crippen molar-refractivity contribution in [1.82, 2.24) is 4.90 Å². The van der Waals surface area contributed by atoms with E-state index in [-0.39, 0.29) is 11.5 Å². The molecule has 1 aromatic rings. The molecule has 0 unspecified atom stereocenters. The van der Waals surface area contributed by atoms with Crippen LogP contribution in [0.4, 0.5) is 13.2 Å². The highest BCUT2D eigenvalue weighted by atomic mass is 19.4. The highest BCUT2D eigenvalue weighted by molar-refractivity contribution is 5.88. The Morgan fingerprint density at radius 2 is 1.91 bits per heavy atom. The van der Waals surface area contributed by atoms with Crippen LogP contribution in [0.1, 0.15) is 36.3 Å². The number of hydrogen-bond donors (Lipinski definition) is 1. The first-order chi connectivity index (χ1) is 10.8. The Balaban J connectivity index is 1.78. The van der Waals surface area contributed by atoms with Gasteiger partial charge in [-0.2, -0.15) is 13.2 Å². The fourth-order valence-electron chi connectivity index (χ4n) is 3.39. The molecule has 1 aliphatic heterocycles. The normalized spacial score (nSPS) is 27.1. The summed E-state index contributed by atoms with van der Waals surface area (Å²) in [5.74, 6) is -2.41. The van der Waals surface area contributed by atoms with Crippen molar-refractivity contribution < 1.29 is 27.9 Å². The Morgan fingerprint density at radius 1 is 1.22 bits per heavy atom. The number of benzene rings is 1. The molecule has 3 atom stereocenters. The van der Waals surface area contributed by atoms with Gasteiger partial charge in [0.2, 0.25) is 5.91 Å². The lowest BCUT2D eigenvalue weighted by Crippen LogP contribution is -2.41. The van der Waals surface area contributed by atoms with Crippen LogP contribution in [0.2, 0.25) is 0 Å². The number of amides is 1. The third-order valence-corrected chi connectivity index (χ3v) is 4.59. The van der Waals surface area contributed by atoms with Crippen molar-refractivity contribution in [3.8, 4) is 0 Å². The summed E-state index contributed by atoms with van der Waals surface area (Å²) < 4.78 is 39.2. The summed E-state index contributed by atoms with van der Waals surface area (Å²) in [6, 6.07) is 4.43. The van der Waals surface area contributed by atoms with E-state index < -0.39 is 35.6 Å². The predicted octanol–water partition coefficient (Wildman–Crippen LogP) is 2.88. The van der Waals surface area contributed by atoms with Gasteiger partial charge in [0.15, 0.2) is 0 Å². The molecule has 1 N–H and O–H groups in total. The summed E-state index contributed by atoms with van der Waals surface area (Å²) in [5.41, 5.74) is -0.582. The Bertz CT molecular complexity index is 644. The minimum Gasteiger partial charge on any atom is -0.480 e. The van der Waals surface area contributed by atoms with E-state index in [9.17, 15) is 22.8 Å². The van der Waals surface area contributed by atoms with Crippen molar-refractivity contribution >= 4 is 11.9 Å². The molecule has 1 aliphatic carbocycles. The number of rotatable bonds is 3. The van der Waals surface area contributed by atoms with Crippen LogP contribution >= 0.6 is 0 Å². The maximum Gasteiger partial charge on any atom is 0.416 e. The fraction of sp³-hybridized carbons (Fsp3) is 0.500. The molecule has 0 spiro atoms. The van der Waals surface area contributed by atoms with E-state index in [0.717, 1.165) is 6.07 Å². The second-order valence-electron chi connectivity index (χ2n) is 6.06. The Labute approximate surface area is 130 Å². The maximum atomic E-state index is 13.1. The van der Waals surface area contributed by atoms with Gasteiger partial charge in [0.25, 0.3) is 0 Å². The predicted molar refractivity (Wildman–Crippen MR) is 74.7 cm³/mol. The monoisotopic (exact) mass is 327 g/mol. The van der Waals surface area contributed by atoms with Gasteiger partial charge in [0.05, 0.1) is 5.56 Å². The van der Waals surface area contributed by atoms with Crippen molar-refractivity contribution in [3.05, 3.63) is 35.4 Å². The SMILES string of the molecule is O=C(O)[C@@H]1CCCN1C(=O)[C@H]1C[C@@H]1c1ccccc1C(F)(F)F. The number of carboxylic acids is 1. The number of carbonyl (C=O) groups is 2. The lowest BCUT2D eigenvalue weighted by molar-refractivity contribution is -0.148. The first kappa shape index (κ1) is 15.8. The van der Waals surface area contributed by atoms with Crippen LogP contribution in [0, 0.1) is 5.92 Å². The minimum absolute atomic E-state index is 0.129. The highest BCUT2D eigenvalue weighted by Crippen LogP contribution is 2.52. The summed E-state index contributed by atoms with van der Waals surface area (Å²) in [7, 11) is 0. The lowest BCUT2D eigenvalue weighted by Gasteiger charge is -2.21. The molecule has 3 rings (SSSR count). The largest absolute Gasteiger partial charge is 0.480 e. The van der Waals surface area contributed by atoms with Gasteiger partial charge in [-0.1, -0.05) is 18.2 Å². The molecular formula is C16H16F3NO3. The van der Waals surface area contributed by atoms with Crippen LogP contribution in [-0.2, 0) is 15.8 Å². The molecule has 2 fully saturated rings. The molecule has 1 aromatic carbocycles. The molecular weight excluding hydrogens is 311 g/mol. The van der Waals surface area contributed by atoms with Crippen molar-refractivity contribution in [3.63, 3.8) is 0 Å². The Morgan fingerprint density at radius 3 is 2.57 bits per heavy atom. The molecule has 124 valence electrons. The van der Waals surface area contributed by atoms with Crippen molar-refractivity contribution in [2.45, 2.75) is 37.4 Å². The first-order valence-electron chi connectivity index (χ1n) is 7.50. The van der Waals surface area contributed by atoms with Crippen molar-refractivity contribution in [2.75, 3.05) is 6.54 Å². The van der Waals surface area contributed by atoms with E-state index in [1.807, 2.05) is 0 Å². The molecule has 23 heavy (non-hydrogen) atoms. The number of carboxylic acid groups (broad SMARTS) is 1. The van der Waals surface area contributed by atoms with Gasteiger partial charge >= 0.3 is 12.1 Å². The van der Waals surface area contributed by atoms with Crippen molar-refractivity contribution in [1.29, 1.82) is 0 Å². The fourth-order valence-corrected chi connectivity index (χ4v) is 3.39. The second kappa shape index (κ2) is 5.54. The van der Waals surface area contributed by atoms with E-state index in [1.54, 1.807) is 0 Å². The third kappa shape index (κ3) is 2.92. The summed E-state index contributed by atoms with van der Waals surface area (Å²) in [6.07, 6.45) is -3.10. The van der Waals surface area contributed by atoms with Crippen LogP contribution < -0.4 is 0 Å². The molecule has 1 heterocycles. The summed E-state index contributed by atoms with van der Waals surface area (Å²) in [4.78, 5) is 24.9. The molecule has 0 aromatic heterocycles. The van der Waals surface area contributed by atoms with E-state index >= 15 is 0 Å². The number of nitrogens with zero attached hydrogens (tertiary/aromatic N) is 1. The van der Waals surface area contributed by atoms with Crippen LogP contribution in [0.15, 0.2) is 24.3 Å². The van der Waals surface area contributed by atoms with E-state index in [2.05, 4.69) is 0 Å². The zero-order chi connectivity index (χ0) is 16.8. The topological polar surface area (TPSA) is 57.6 Å². The summed E-state index contributed by atoms with van der Waals surface area (Å²) in [5, 5.41) is 9.13. The molecule has 7 heteroatoms. The maximum absolute atomic E-state index is 13.1. The number of halogens is 3. The van der Waals surface area contributed by atoms with Gasteiger partial charge in [-0.25, -0.2) is 4.79 Å². The highest BCUT2D eigenvalue weighted by Gasteiger charge is 2.51. The van der Waals surface area contributed by atoms with Gasteiger partial charge in [0, 0.05) is 12.5 Å². The van der Waals surface area contributed by atoms with Gasteiger partial charge in [-0.3, -0.25) is 4.79 Å². The van der Waals surface area contributed by atoms with E-state index in [0.29, 0.717) is 25.8 Å². The Kier molecular flexibility index (Phi) is 3.82. The molecule has 0 bridgehead atoms. The number of hydrogen-bond acceptors (Lipinski definition) is 2. The molecule has 4 nitrogen and oxygen atoms in total. The second-order valence-corrected chi connectivity index (χ2v) is 6.06. The van der Waals surface area contributed by atoms with Gasteiger partial charge < -0.3 is 10.0 Å². The first-order valence-corrected chi connectivity index (χ1v) is 7.50. The van der Waals surface area contributed by atoms with Gasteiger partial charge in [-0.15, -0.1) is 0 Å². The van der Waals surface area contributed by atoms with Crippen LogP contribution in [0.25, 0.3) is 0 Å². The Hall–Kier alpha value is -2.05. The zero-order valence-electron chi connectivity index (χ0n) is 12.2. The summed E-state index contributed by atoms with van der Waals surface area (Å²) >= 11 is 0. The number of alkyl halides is 3. The third-order valence-electron chi connectivity index (χ3n) is 4.59. The van der Waals surface area contributed by atoms with Crippen LogP contribution in [-0.4, -0.2) is 34.5 Å².